The average molecular weight is 520 g/mol. The molecule has 1 amide bonds. The van der Waals surface area contributed by atoms with Crippen molar-refractivity contribution in [1.29, 1.82) is 0 Å². The Kier molecular flexibility index (Phi) is 9.64. The standard InChI is InChI=1S/C24H26Cl2F3NO4/c1-13(2)16(11-22(31)34-4)14-5-7-18(25)20(9-14)30-23(32)17(12-24(27,28)29)15-6-8-19(26)21(10-15)33-3/h5-10,13,16-17H,11-12H2,1-4H3,(H,30,32)/t16?,17-/m0/s1. The molecule has 186 valence electrons. The van der Waals surface area contributed by atoms with E-state index in [0.717, 1.165) is 0 Å². The number of ether oxygens (including phenoxy) is 2. The maximum absolute atomic E-state index is 13.3. The van der Waals surface area contributed by atoms with Gasteiger partial charge in [0, 0.05) is 0 Å². The summed E-state index contributed by atoms with van der Waals surface area (Å²) < 4.78 is 49.9. The number of benzene rings is 2. The summed E-state index contributed by atoms with van der Waals surface area (Å²) in [6.07, 6.45) is -5.90. The van der Waals surface area contributed by atoms with Crippen LogP contribution < -0.4 is 10.1 Å². The van der Waals surface area contributed by atoms with Crippen molar-refractivity contribution in [3.63, 3.8) is 0 Å². The van der Waals surface area contributed by atoms with Crippen LogP contribution in [0.4, 0.5) is 18.9 Å². The summed E-state index contributed by atoms with van der Waals surface area (Å²) in [7, 11) is 2.62. The molecule has 2 rings (SSSR count). The molecule has 0 saturated carbocycles. The summed E-state index contributed by atoms with van der Waals surface area (Å²) in [5.41, 5.74) is 0.933. The van der Waals surface area contributed by atoms with Crippen LogP contribution in [0.1, 0.15) is 49.7 Å². The molecule has 0 fully saturated rings. The fourth-order valence-corrected chi connectivity index (χ4v) is 3.94. The first-order valence-corrected chi connectivity index (χ1v) is 11.2. The van der Waals surface area contributed by atoms with Gasteiger partial charge in [0.25, 0.3) is 0 Å². The lowest BCUT2D eigenvalue weighted by Crippen LogP contribution is -2.26. The largest absolute Gasteiger partial charge is 0.495 e. The highest BCUT2D eigenvalue weighted by Gasteiger charge is 2.37. The molecule has 34 heavy (non-hydrogen) atoms. The summed E-state index contributed by atoms with van der Waals surface area (Å²) >= 11 is 12.2. The van der Waals surface area contributed by atoms with Gasteiger partial charge in [0.05, 0.1) is 48.7 Å². The molecule has 1 N–H and O–H groups in total. The van der Waals surface area contributed by atoms with Gasteiger partial charge in [-0.3, -0.25) is 9.59 Å². The molecule has 0 saturated heterocycles. The van der Waals surface area contributed by atoms with E-state index in [0.29, 0.717) is 5.56 Å². The molecule has 0 aliphatic carbocycles. The van der Waals surface area contributed by atoms with E-state index in [2.05, 4.69) is 5.32 Å². The number of amides is 1. The first-order valence-electron chi connectivity index (χ1n) is 10.4. The molecule has 2 aromatic carbocycles. The second-order valence-electron chi connectivity index (χ2n) is 8.13. The van der Waals surface area contributed by atoms with Crippen LogP contribution in [0.15, 0.2) is 36.4 Å². The third kappa shape index (κ3) is 7.53. The smallest absolute Gasteiger partial charge is 0.390 e. The van der Waals surface area contributed by atoms with E-state index in [1.165, 1.54) is 38.5 Å². The summed E-state index contributed by atoms with van der Waals surface area (Å²) in [5, 5.41) is 2.88. The third-order valence-corrected chi connectivity index (χ3v) is 6.07. The van der Waals surface area contributed by atoms with Crippen molar-refractivity contribution in [3.05, 3.63) is 57.6 Å². The van der Waals surface area contributed by atoms with Crippen molar-refractivity contribution in [2.24, 2.45) is 5.92 Å². The second-order valence-corrected chi connectivity index (χ2v) is 8.94. The fraction of sp³-hybridized carbons (Fsp3) is 0.417. The number of carbonyl (C=O) groups excluding carboxylic acids is 2. The molecule has 0 heterocycles. The second kappa shape index (κ2) is 11.8. The molecule has 0 aromatic heterocycles. The number of methoxy groups -OCH3 is 2. The van der Waals surface area contributed by atoms with Crippen LogP contribution in [0.25, 0.3) is 0 Å². The van der Waals surface area contributed by atoms with Gasteiger partial charge in [0.2, 0.25) is 5.91 Å². The van der Waals surface area contributed by atoms with E-state index in [9.17, 15) is 22.8 Å². The number of alkyl halides is 3. The molecule has 0 aliphatic rings. The van der Waals surface area contributed by atoms with Gasteiger partial charge in [0.15, 0.2) is 0 Å². The minimum absolute atomic E-state index is 0.0448. The van der Waals surface area contributed by atoms with Gasteiger partial charge in [-0.1, -0.05) is 49.2 Å². The maximum atomic E-state index is 13.3. The lowest BCUT2D eigenvalue weighted by Gasteiger charge is -2.23. The zero-order valence-electron chi connectivity index (χ0n) is 19.1. The van der Waals surface area contributed by atoms with Crippen LogP contribution >= 0.6 is 23.2 Å². The zero-order chi connectivity index (χ0) is 25.6. The van der Waals surface area contributed by atoms with E-state index in [4.69, 9.17) is 32.7 Å². The van der Waals surface area contributed by atoms with Gasteiger partial charge in [-0.05, 0) is 47.2 Å². The average Bonchev–Trinajstić information content (AvgIpc) is 2.76. The lowest BCUT2D eigenvalue weighted by atomic mass is 9.85. The van der Waals surface area contributed by atoms with Crippen LogP contribution in [0.2, 0.25) is 10.0 Å². The normalized spacial score (nSPS) is 13.4. The van der Waals surface area contributed by atoms with Gasteiger partial charge in [-0.15, -0.1) is 0 Å². The summed E-state index contributed by atoms with van der Waals surface area (Å²) in [4.78, 5) is 24.9. The molecule has 0 spiro atoms. The number of rotatable bonds is 9. The van der Waals surface area contributed by atoms with E-state index in [-0.39, 0.29) is 45.3 Å². The number of nitrogens with one attached hydrogen (secondary N) is 1. The van der Waals surface area contributed by atoms with Crippen molar-refractivity contribution in [1.82, 2.24) is 0 Å². The topological polar surface area (TPSA) is 64.6 Å². The van der Waals surface area contributed by atoms with Gasteiger partial charge >= 0.3 is 12.1 Å². The van der Waals surface area contributed by atoms with Gasteiger partial charge in [0.1, 0.15) is 5.75 Å². The molecule has 0 aliphatic heterocycles. The van der Waals surface area contributed by atoms with Crippen LogP contribution in [-0.2, 0) is 14.3 Å². The lowest BCUT2D eigenvalue weighted by molar-refractivity contribution is -0.146. The zero-order valence-corrected chi connectivity index (χ0v) is 20.6. The summed E-state index contributed by atoms with van der Waals surface area (Å²) in [5.74, 6) is -2.91. The van der Waals surface area contributed by atoms with Crippen molar-refractivity contribution in [2.45, 2.75) is 44.7 Å². The van der Waals surface area contributed by atoms with E-state index in [1.807, 2.05) is 13.8 Å². The highest BCUT2D eigenvalue weighted by Crippen LogP contribution is 2.37. The highest BCUT2D eigenvalue weighted by molar-refractivity contribution is 6.33. The van der Waals surface area contributed by atoms with E-state index >= 15 is 0 Å². The number of esters is 1. The maximum Gasteiger partial charge on any atom is 0.390 e. The van der Waals surface area contributed by atoms with Gasteiger partial charge in [-0.25, -0.2) is 0 Å². The number of hydrogen-bond acceptors (Lipinski definition) is 4. The van der Waals surface area contributed by atoms with Gasteiger partial charge < -0.3 is 14.8 Å². The Bertz CT molecular complexity index is 1030. The Labute approximate surface area is 206 Å². The number of carbonyl (C=O) groups is 2. The van der Waals surface area contributed by atoms with Crippen molar-refractivity contribution in [2.75, 3.05) is 19.5 Å². The number of halogens is 5. The highest BCUT2D eigenvalue weighted by atomic mass is 35.5. The molecular weight excluding hydrogens is 494 g/mol. The fourth-order valence-electron chi connectivity index (χ4n) is 3.58. The Hall–Kier alpha value is -2.45. The van der Waals surface area contributed by atoms with Gasteiger partial charge in [-0.2, -0.15) is 13.2 Å². The Morgan fingerprint density at radius 3 is 2.18 bits per heavy atom. The van der Waals surface area contributed by atoms with E-state index < -0.39 is 30.4 Å². The predicted molar refractivity (Wildman–Crippen MR) is 126 cm³/mol. The van der Waals surface area contributed by atoms with Crippen molar-refractivity contribution < 1.29 is 32.2 Å². The quantitative estimate of drug-likeness (QED) is 0.363. The molecule has 10 heteroatoms. The van der Waals surface area contributed by atoms with Crippen LogP contribution in [0.3, 0.4) is 0 Å². The molecular formula is C24H26Cl2F3NO4. The molecule has 2 atom stereocenters. The van der Waals surface area contributed by atoms with Crippen LogP contribution in [-0.4, -0.2) is 32.3 Å². The first-order chi connectivity index (χ1) is 15.9. The Morgan fingerprint density at radius 1 is 1.00 bits per heavy atom. The Morgan fingerprint density at radius 2 is 1.62 bits per heavy atom. The van der Waals surface area contributed by atoms with Crippen LogP contribution in [0, 0.1) is 5.92 Å². The van der Waals surface area contributed by atoms with Crippen molar-refractivity contribution in [3.8, 4) is 5.75 Å². The first kappa shape index (κ1) is 27.8. The minimum Gasteiger partial charge on any atom is -0.495 e. The van der Waals surface area contributed by atoms with Crippen molar-refractivity contribution >= 4 is 40.8 Å². The molecule has 0 bridgehead atoms. The minimum atomic E-state index is -4.61. The molecule has 1 unspecified atom stereocenters. The predicted octanol–water partition coefficient (Wildman–Crippen LogP) is 6.98. The van der Waals surface area contributed by atoms with E-state index in [1.54, 1.807) is 12.1 Å². The summed E-state index contributed by atoms with van der Waals surface area (Å²) in [6.45, 7) is 3.85. The number of hydrogen-bond donors (Lipinski definition) is 1. The van der Waals surface area contributed by atoms with Crippen LogP contribution in [0.5, 0.6) is 5.75 Å². The molecule has 5 nitrogen and oxygen atoms in total. The third-order valence-electron chi connectivity index (χ3n) is 5.43. The Balaban J connectivity index is 2.41. The summed E-state index contributed by atoms with van der Waals surface area (Å²) in [6, 6.07) is 8.85. The SMILES string of the molecule is COC(=O)CC(c1ccc(Cl)c(NC(=O)[C@@H](CC(F)(F)F)c2ccc(Cl)c(OC)c2)c1)C(C)C. The number of anilines is 1. The monoisotopic (exact) mass is 519 g/mol. The molecule has 0 radical (unpaired) electrons. The molecule has 2 aromatic rings.